The van der Waals surface area contributed by atoms with E-state index in [1.54, 1.807) is 0 Å². The van der Waals surface area contributed by atoms with Crippen LogP contribution in [0.4, 0.5) is 0 Å². The first-order valence-corrected chi connectivity index (χ1v) is 17.2. The maximum Gasteiger partial charge on any atom is 0.340 e. The molecule has 11 N–H and O–H groups in total. The minimum Gasteiger partial charge on any atom is -0.478 e. The number of aliphatic imine (C=N–C) groups is 1. The second-order valence-electron chi connectivity index (χ2n) is 13.0. The van der Waals surface area contributed by atoms with Gasteiger partial charge in [0.2, 0.25) is 12.1 Å². The number of guanidine groups is 1. The number of carbonyl (C=O) groups excluding carboxylic acids is 1. The minimum absolute atomic E-state index is 0.0182. The highest BCUT2D eigenvalue weighted by Gasteiger charge is 2.58. The van der Waals surface area contributed by atoms with Crippen molar-refractivity contribution in [3.8, 4) is 0 Å². The van der Waals surface area contributed by atoms with Crippen LogP contribution in [0.5, 0.6) is 0 Å². The van der Waals surface area contributed by atoms with Gasteiger partial charge in [-0.1, -0.05) is 18.6 Å². The van der Waals surface area contributed by atoms with Crippen molar-refractivity contribution >= 4 is 17.9 Å². The molecule has 3 aliphatic heterocycles. The number of carbonyl (C=O) groups is 2. The number of aliphatic hydroxyl groups is 6. The Kier molecular flexibility index (Phi) is 14.6. The zero-order chi connectivity index (χ0) is 38.9. The van der Waals surface area contributed by atoms with E-state index in [4.69, 9.17) is 29.4 Å². The van der Waals surface area contributed by atoms with Crippen molar-refractivity contribution in [1.29, 1.82) is 0 Å². The lowest BCUT2D eigenvalue weighted by Crippen LogP contribution is -2.69. The van der Waals surface area contributed by atoms with Crippen LogP contribution in [-0.2, 0) is 33.3 Å². The van der Waals surface area contributed by atoms with Crippen molar-refractivity contribution in [3.05, 3.63) is 59.7 Å². The quantitative estimate of drug-likeness (QED) is 0.0274. The van der Waals surface area contributed by atoms with E-state index in [1.165, 1.54) is 43.4 Å². The average Bonchev–Trinajstić information content (AvgIpc) is 3.13. The number of carboxylic acids is 1. The summed E-state index contributed by atoms with van der Waals surface area (Å²) in [7, 11) is 2.90. The third-order valence-electron chi connectivity index (χ3n) is 9.40. The fourth-order valence-electron chi connectivity index (χ4n) is 6.53. The van der Waals surface area contributed by atoms with E-state index < -0.39 is 72.8 Å². The van der Waals surface area contributed by atoms with Gasteiger partial charge in [-0.05, 0) is 44.4 Å². The molecule has 19 heteroatoms. The molecule has 7 atom stereocenters. The molecular weight excluding hydrogens is 702 g/mol. The molecule has 0 aromatic carbocycles. The highest BCUT2D eigenvalue weighted by molar-refractivity contribution is 5.95. The Morgan fingerprint density at radius 2 is 1.91 bits per heavy atom. The molecular formula is C34H51N5O14. The van der Waals surface area contributed by atoms with Crippen molar-refractivity contribution in [2.45, 2.75) is 80.5 Å². The predicted molar refractivity (Wildman–Crippen MR) is 185 cm³/mol. The van der Waals surface area contributed by atoms with Crippen LogP contribution >= 0.6 is 0 Å². The zero-order valence-corrected chi connectivity index (χ0v) is 29.7. The molecule has 4 rings (SSSR count). The molecule has 0 amide bonds. The first-order valence-electron chi connectivity index (χ1n) is 17.2. The fraction of sp³-hybridized carbons (Fsp3) is 0.618. The number of hydrogen-bond donors (Lipinski definition) is 10. The van der Waals surface area contributed by atoms with E-state index in [2.05, 4.69) is 22.2 Å². The number of aliphatic hydroxyl groups excluding tert-OH is 3. The molecule has 0 bridgehead atoms. The van der Waals surface area contributed by atoms with Gasteiger partial charge in [0, 0.05) is 26.3 Å². The van der Waals surface area contributed by atoms with Crippen LogP contribution in [0, 0.1) is 5.92 Å². The Balaban J connectivity index is 1.80. The summed E-state index contributed by atoms with van der Waals surface area (Å²) in [5, 5.41) is 79.8. The van der Waals surface area contributed by atoms with Crippen LogP contribution in [0.15, 0.2) is 64.7 Å². The average molecular weight is 754 g/mol. The molecule has 19 nitrogen and oxygen atoms in total. The van der Waals surface area contributed by atoms with Gasteiger partial charge in [0.15, 0.2) is 18.4 Å². The number of aliphatic carboxylic acids is 1. The van der Waals surface area contributed by atoms with E-state index in [0.717, 1.165) is 25.5 Å². The van der Waals surface area contributed by atoms with Crippen molar-refractivity contribution in [3.63, 3.8) is 0 Å². The Bertz CT molecular complexity index is 1470. The maximum atomic E-state index is 13.8. The Morgan fingerprint density at radius 1 is 1.19 bits per heavy atom. The molecule has 0 spiro atoms. The standard InChI is InChI=1S/C34H51N5O14/c1-4-22-30(53-31-27(50-18-36-2)34(47,48)26(42)24(16-41)52-31)49-17-23(29(45)51-20-8-6-5-7-9-20)33(22,46)11-10-19-14-39(12-13-40)15-21(28(43)44)25(19)38-32(35)37-3/h4,10-11,15,17,20,22,24,26-27,30-31,36,40-42,46-48H,1,5-9,12-14,16,18H2,2-3H3,(H,43,44)(H3,35,37,38)/b11-10+/t22-,24+,26+,27-,30-,31-,33+/m0/s1. The highest BCUT2D eigenvalue weighted by Crippen LogP contribution is 2.41. The Morgan fingerprint density at radius 3 is 2.51 bits per heavy atom. The molecule has 3 heterocycles. The van der Waals surface area contributed by atoms with E-state index >= 15 is 0 Å². The lowest BCUT2D eigenvalue weighted by molar-refractivity contribution is -0.412. The largest absolute Gasteiger partial charge is 0.478 e. The normalized spacial score (nSPS) is 31.1. The first-order chi connectivity index (χ1) is 25.2. The van der Waals surface area contributed by atoms with Gasteiger partial charge >= 0.3 is 11.9 Å². The molecule has 53 heavy (non-hydrogen) atoms. The summed E-state index contributed by atoms with van der Waals surface area (Å²) < 4.78 is 28.8. The van der Waals surface area contributed by atoms with E-state index in [1.807, 2.05) is 0 Å². The van der Waals surface area contributed by atoms with E-state index in [9.17, 15) is 45.3 Å². The van der Waals surface area contributed by atoms with Crippen LogP contribution in [0.1, 0.15) is 32.1 Å². The molecule has 296 valence electrons. The topological polar surface area (TPSA) is 288 Å². The summed E-state index contributed by atoms with van der Waals surface area (Å²) in [4.78, 5) is 31.6. The number of β-amino-alcohol motifs (C(OH)–C–C–N with tert-alkyl or cyclic N) is 1. The van der Waals surface area contributed by atoms with Gasteiger partial charge in [0.25, 0.3) is 0 Å². The SMILES string of the molecule is C=C[C@H]1[C@H](O[C@@H]2O[C@H](CO)[C@@H](O)C(O)(O)[C@H]2OCNC)OC=C(C(=O)OC2CCCCC2)[C@@]1(O)/C=C/C1=C(NC(N)=NC)C(C(=O)O)=CN(CCO)C1. The smallest absolute Gasteiger partial charge is 0.340 e. The van der Waals surface area contributed by atoms with Gasteiger partial charge in [0.1, 0.15) is 35.7 Å². The molecule has 1 saturated heterocycles. The Labute approximate surface area is 306 Å². The highest BCUT2D eigenvalue weighted by atomic mass is 16.8. The van der Waals surface area contributed by atoms with Gasteiger partial charge in [-0.25, -0.2) is 9.59 Å². The summed E-state index contributed by atoms with van der Waals surface area (Å²) in [5.74, 6) is -6.74. The summed E-state index contributed by atoms with van der Waals surface area (Å²) in [6.07, 6.45) is 0.861. The number of esters is 1. The minimum atomic E-state index is -3.00. The van der Waals surface area contributed by atoms with Crippen LogP contribution in [0.25, 0.3) is 0 Å². The number of hydrogen-bond acceptors (Lipinski definition) is 16. The van der Waals surface area contributed by atoms with Crippen molar-refractivity contribution in [2.75, 3.05) is 47.1 Å². The third-order valence-corrected chi connectivity index (χ3v) is 9.40. The van der Waals surface area contributed by atoms with E-state index in [0.29, 0.717) is 12.8 Å². The van der Waals surface area contributed by atoms with Crippen LogP contribution in [0.2, 0.25) is 0 Å². The lowest BCUT2D eigenvalue weighted by Gasteiger charge is -2.48. The third kappa shape index (κ3) is 9.44. The predicted octanol–water partition coefficient (Wildman–Crippen LogP) is -2.41. The van der Waals surface area contributed by atoms with Crippen LogP contribution < -0.4 is 16.4 Å². The first kappa shape index (κ1) is 41.9. The van der Waals surface area contributed by atoms with Crippen molar-refractivity contribution in [2.24, 2.45) is 16.6 Å². The van der Waals surface area contributed by atoms with Crippen LogP contribution in [-0.4, -0.2) is 154 Å². The summed E-state index contributed by atoms with van der Waals surface area (Å²) in [5.41, 5.74) is 3.26. The maximum absolute atomic E-state index is 13.8. The molecule has 0 aromatic rings. The zero-order valence-electron chi connectivity index (χ0n) is 29.7. The van der Waals surface area contributed by atoms with Gasteiger partial charge in [-0.3, -0.25) is 10.3 Å². The van der Waals surface area contributed by atoms with Gasteiger partial charge in [-0.15, -0.1) is 6.58 Å². The van der Waals surface area contributed by atoms with Gasteiger partial charge in [0.05, 0.1) is 37.1 Å². The molecule has 2 fully saturated rings. The molecule has 0 radical (unpaired) electrons. The molecule has 4 aliphatic rings. The second kappa shape index (κ2) is 18.4. The summed E-state index contributed by atoms with van der Waals surface area (Å²) in [6, 6.07) is 0. The molecule has 1 aliphatic carbocycles. The number of ether oxygens (including phenoxy) is 5. The fourth-order valence-corrected chi connectivity index (χ4v) is 6.53. The second-order valence-corrected chi connectivity index (χ2v) is 13.0. The molecule has 1 saturated carbocycles. The Hall–Kier alpha value is -3.89. The summed E-state index contributed by atoms with van der Waals surface area (Å²) in [6.45, 7) is 2.50. The van der Waals surface area contributed by atoms with Gasteiger partial charge in [-0.2, -0.15) is 0 Å². The monoisotopic (exact) mass is 753 g/mol. The number of nitrogens with zero attached hydrogens (tertiary/aromatic N) is 2. The summed E-state index contributed by atoms with van der Waals surface area (Å²) >= 11 is 0. The van der Waals surface area contributed by atoms with Crippen molar-refractivity contribution in [1.82, 2.24) is 15.5 Å². The van der Waals surface area contributed by atoms with E-state index in [-0.39, 0.29) is 54.8 Å². The molecule has 0 aromatic heterocycles. The number of rotatable bonds is 15. The number of nitrogens with one attached hydrogen (secondary N) is 2. The van der Waals surface area contributed by atoms with Crippen molar-refractivity contribution < 1.29 is 69.0 Å². The van der Waals surface area contributed by atoms with Gasteiger partial charge < -0.3 is 75.4 Å². The number of carboxylic acid groups (broad SMARTS) is 1. The lowest BCUT2D eigenvalue weighted by atomic mass is 9.78. The van der Waals surface area contributed by atoms with Crippen LogP contribution in [0.3, 0.4) is 0 Å². The number of nitrogens with two attached hydrogens (primary N) is 1. The molecule has 0 unspecified atom stereocenters.